The van der Waals surface area contributed by atoms with Crippen LogP contribution in [0.1, 0.15) is 30.7 Å². The van der Waals surface area contributed by atoms with Crippen molar-refractivity contribution >= 4 is 5.91 Å². The molecule has 2 N–H and O–H groups in total. The van der Waals surface area contributed by atoms with Crippen molar-refractivity contribution in [3.63, 3.8) is 0 Å². The summed E-state index contributed by atoms with van der Waals surface area (Å²) in [6, 6.07) is 0. The smallest absolute Gasteiger partial charge is 0.223 e. The average molecular weight is 265 g/mol. The average Bonchev–Trinajstić information content (AvgIpc) is 3.05. The summed E-state index contributed by atoms with van der Waals surface area (Å²) in [7, 11) is 4.12. The number of rotatable bonds is 8. The van der Waals surface area contributed by atoms with E-state index in [1.54, 1.807) is 0 Å². The largest absolute Gasteiger partial charge is 0.369 e. The van der Waals surface area contributed by atoms with Crippen molar-refractivity contribution in [3.05, 3.63) is 11.4 Å². The normalized spacial score (nSPS) is 15.1. The summed E-state index contributed by atoms with van der Waals surface area (Å²) < 4.78 is 1.96. The molecule has 1 aromatic rings. The number of primary amides is 1. The van der Waals surface area contributed by atoms with Crippen LogP contribution >= 0.6 is 0 Å². The summed E-state index contributed by atoms with van der Waals surface area (Å²) >= 11 is 0. The number of nitrogens with two attached hydrogens (primary N) is 1. The molecule has 19 heavy (non-hydrogen) atoms. The molecule has 1 aliphatic rings. The molecule has 0 atom stereocenters. The Kier molecular flexibility index (Phi) is 4.52. The van der Waals surface area contributed by atoms with Gasteiger partial charge in [-0.3, -0.25) is 4.79 Å². The van der Waals surface area contributed by atoms with Gasteiger partial charge in [-0.15, -0.1) is 5.10 Å². The van der Waals surface area contributed by atoms with Gasteiger partial charge >= 0.3 is 0 Å². The van der Waals surface area contributed by atoms with Gasteiger partial charge < -0.3 is 10.6 Å². The van der Waals surface area contributed by atoms with E-state index >= 15 is 0 Å². The summed E-state index contributed by atoms with van der Waals surface area (Å²) in [5.74, 6) is 0.412. The van der Waals surface area contributed by atoms with Crippen LogP contribution in [0.25, 0.3) is 0 Å². The zero-order chi connectivity index (χ0) is 13.8. The van der Waals surface area contributed by atoms with Gasteiger partial charge in [-0.05, 0) is 52.2 Å². The molecular formula is C13H23N5O. The van der Waals surface area contributed by atoms with Crippen LogP contribution in [-0.4, -0.2) is 46.4 Å². The van der Waals surface area contributed by atoms with Crippen molar-refractivity contribution in [1.82, 2.24) is 19.9 Å². The van der Waals surface area contributed by atoms with Crippen molar-refractivity contribution in [2.75, 3.05) is 20.6 Å². The molecule has 6 nitrogen and oxygen atoms in total. The molecule has 2 rings (SSSR count). The Morgan fingerprint density at radius 3 is 2.79 bits per heavy atom. The minimum atomic E-state index is -0.336. The summed E-state index contributed by atoms with van der Waals surface area (Å²) in [5.41, 5.74) is 7.15. The summed E-state index contributed by atoms with van der Waals surface area (Å²) in [4.78, 5) is 13.2. The van der Waals surface area contributed by atoms with Gasteiger partial charge in [0, 0.05) is 6.54 Å². The summed E-state index contributed by atoms with van der Waals surface area (Å²) in [5, 5.41) is 8.32. The molecule has 1 heterocycles. The van der Waals surface area contributed by atoms with E-state index in [9.17, 15) is 4.79 Å². The molecule has 1 amide bonds. The third-order valence-electron chi connectivity index (χ3n) is 3.41. The van der Waals surface area contributed by atoms with Gasteiger partial charge in [0.25, 0.3) is 0 Å². The second-order valence-corrected chi connectivity index (χ2v) is 5.65. The van der Waals surface area contributed by atoms with Gasteiger partial charge in [-0.1, -0.05) is 5.21 Å². The van der Waals surface area contributed by atoms with Crippen molar-refractivity contribution in [3.8, 4) is 0 Å². The molecule has 0 spiro atoms. The monoisotopic (exact) mass is 265 g/mol. The van der Waals surface area contributed by atoms with Gasteiger partial charge in [0.1, 0.15) is 0 Å². The molecule has 0 unspecified atom stereocenters. The van der Waals surface area contributed by atoms with Crippen LogP contribution < -0.4 is 5.73 Å². The Hall–Kier alpha value is -1.43. The van der Waals surface area contributed by atoms with Crippen LogP contribution in [0.5, 0.6) is 0 Å². The lowest BCUT2D eigenvalue weighted by Gasteiger charge is -2.10. The molecule has 0 aromatic carbocycles. The lowest BCUT2D eigenvalue weighted by Crippen LogP contribution is -2.18. The van der Waals surface area contributed by atoms with E-state index < -0.39 is 0 Å². The second kappa shape index (κ2) is 6.14. The highest BCUT2D eigenvalue weighted by Crippen LogP contribution is 2.33. The number of amides is 1. The first-order valence-electron chi connectivity index (χ1n) is 6.90. The highest BCUT2D eigenvalue weighted by molar-refractivity contribution is 5.76. The predicted octanol–water partition coefficient (Wildman–Crippen LogP) is 0.210. The Morgan fingerprint density at radius 2 is 2.21 bits per heavy atom. The van der Waals surface area contributed by atoms with E-state index in [2.05, 4.69) is 29.3 Å². The first kappa shape index (κ1) is 14.0. The molecule has 6 heteroatoms. The van der Waals surface area contributed by atoms with Crippen LogP contribution in [-0.2, 0) is 24.2 Å². The Balaban J connectivity index is 2.03. The molecule has 0 radical (unpaired) electrons. The number of aromatic nitrogens is 3. The van der Waals surface area contributed by atoms with Crippen LogP contribution in [0, 0.1) is 5.92 Å². The van der Waals surface area contributed by atoms with E-state index in [1.165, 1.54) is 12.8 Å². The maximum absolute atomic E-state index is 11.1. The topological polar surface area (TPSA) is 77.0 Å². The van der Waals surface area contributed by atoms with Crippen LogP contribution in [0.4, 0.5) is 0 Å². The van der Waals surface area contributed by atoms with Gasteiger partial charge in [0.15, 0.2) is 0 Å². The molecule has 0 bridgehead atoms. The molecule has 1 fully saturated rings. The SMILES string of the molecule is CN(C)CCCn1nnc(CC(N)=O)c1CC1CC1. The zero-order valence-electron chi connectivity index (χ0n) is 11.8. The molecule has 106 valence electrons. The fourth-order valence-corrected chi connectivity index (χ4v) is 2.21. The molecular weight excluding hydrogens is 242 g/mol. The third-order valence-corrected chi connectivity index (χ3v) is 3.41. The standard InChI is InChI=1S/C13H23N5O/c1-17(2)6-3-7-18-12(8-10-4-5-10)11(15-16-18)9-13(14)19/h10H,3-9H2,1-2H3,(H2,14,19). The number of hydrogen-bond donors (Lipinski definition) is 1. The van der Waals surface area contributed by atoms with Gasteiger partial charge in [-0.25, -0.2) is 4.68 Å². The summed E-state index contributed by atoms with van der Waals surface area (Å²) in [6.45, 7) is 1.87. The maximum atomic E-state index is 11.1. The van der Waals surface area contributed by atoms with E-state index in [0.717, 1.165) is 43.2 Å². The van der Waals surface area contributed by atoms with Gasteiger partial charge in [-0.2, -0.15) is 0 Å². The lowest BCUT2D eigenvalue weighted by atomic mass is 10.1. The second-order valence-electron chi connectivity index (χ2n) is 5.65. The van der Waals surface area contributed by atoms with Gasteiger partial charge in [0.05, 0.1) is 17.8 Å². The number of nitrogens with zero attached hydrogens (tertiary/aromatic N) is 4. The fraction of sp³-hybridized carbons (Fsp3) is 0.769. The zero-order valence-corrected chi connectivity index (χ0v) is 11.8. The van der Waals surface area contributed by atoms with Crippen molar-refractivity contribution in [1.29, 1.82) is 0 Å². The third kappa shape index (κ3) is 4.31. The molecule has 1 aromatic heterocycles. The quantitative estimate of drug-likeness (QED) is 0.729. The lowest BCUT2D eigenvalue weighted by molar-refractivity contribution is -0.117. The highest BCUT2D eigenvalue weighted by Gasteiger charge is 2.26. The molecule has 0 saturated heterocycles. The molecule has 1 aliphatic carbocycles. The van der Waals surface area contributed by atoms with E-state index in [1.807, 2.05) is 4.68 Å². The van der Waals surface area contributed by atoms with Crippen LogP contribution in [0.3, 0.4) is 0 Å². The van der Waals surface area contributed by atoms with E-state index in [0.29, 0.717) is 0 Å². The first-order chi connectivity index (χ1) is 9.06. The van der Waals surface area contributed by atoms with E-state index in [-0.39, 0.29) is 12.3 Å². The Morgan fingerprint density at radius 1 is 1.47 bits per heavy atom. The van der Waals surface area contributed by atoms with Crippen molar-refractivity contribution < 1.29 is 4.79 Å². The predicted molar refractivity (Wildman–Crippen MR) is 72.5 cm³/mol. The van der Waals surface area contributed by atoms with Crippen molar-refractivity contribution in [2.24, 2.45) is 11.7 Å². The number of hydrogen-bond acceptors (Lipinski definition) is 4. The Labute approximate surface area is 113 Å². The summed E-state index contributed by atoms with van der Waals surface area (Å²) in [6.07, 6.45) is 4.77. The first-order valence-corrected chi connectivity index (χ1v) is 6.90. The van der Waals surface area contributed by atoms with Gasteiger partial charge in [0.2, 0.25) is 5.91 Å². The minimum Gasteiger partial charge on any atom is -0.369 e. The van der Waals surface area contributed by atoms with E-state index in [4.69, 9.17) is 5.73 Å². The minimum absolute atomic E-state index is 0.204. The number of carbonyl (C=O) groups excluding carboxylic acids is 1. The highest BCUT2D eigenvalue weighted by atomic mass is 16.1. The van der Waals surface area contributed by atoms with Crippen molar-refractivity contribution in [2.45, 2.75) is 38.6 Å². The molecule has 0 aliphatic heterocycles. The maximum Gasteiger partial charge on any atom is 0.223 e. The van der Waals surface area contributed by atoms with Crippen LogP contribution in [0.2, 0.25) is 0 Å². The Bertz CT molecular complexity index is 436. The number of aryl methyl sites for hydroxylation is 1. The van der Waals surface area contributed by atoms with Crippen LogP contribution in [0.15, 0.2) is 0 Å². The number of carbonyl (C=O) groups is 1. The molecule has 1 saturated carbocycles. The fourth-order valence-electron chi connectivity index (χ4n) is 2.21.